The topological polar surface area (TPSA) is 47.3 Å². The van der Waals surface area contributed by atoms with Crippen molar-refractivity contribution < 1.29 is 9.84 Å². The van der Waals surface area contributed by atoms with Gasteiger partial charge in [0.25, 0.3) is 0 Å². The molecule has 1 N–H and O–H groups in total. The Hall–Kier alpha value is -0.230. The highest BCUT2D eigenvalue weighted by Gasteiger charge is 2.25. The van der Waals surface area contributed by atoms with Gasteiger partial charge >= 0.3 is 0 Å². The van der Waals surface area contributed by atoms with Crippen molar-refractivity contribution in [3.8, 4) is 0 Å². The maximum atomic E-state index is 10.2. The summed E-state index contributed by atoms with van der Waals surface area (Å²) in [5.74, 6) is 1.85. The quantitative estimate of drug-likeness (QED) is 0.916. The first-order valence-electron chi connectivity index (χ1n) is 6.21. The smallest absolute Gasteiger partial charge is 0.0928 e. The van der Waals surface area contributed by atoms with Gasteiger partial charge in [-0.25, -0.2) is 0 Å². The third-order valence-electron chi connectivity index (χ3n) is 3.18. The zero-order valence-electron chi connectivity index (χ0n) is 10.7. The van der Waals surface area contributed by atoms with Crippen molar-refractivity contribution in [1.29, 1.82) is 0 Å². The van der Waals surface area contributed by atoms with E-state index >= 15 is 0 Å². The van der Waals surface area contributed by atoms with Gasteiger partial charge in [0.2, 0.25) is 0 Å². The molecule has 0 spiro atoms. The number of ether oxygens (including phenoxy) is 1. The molecule has 0 saturated carbocycles. The molecule has 1 aromatic heterocycles. The van der Waals surface area contributed by atoms with Gasteiger partial charge in [-0.05, 0) is 6.42 Å². The summed E-state index contributed by atoms with van der Waals surface area (Å²) in [5, 5.41) is 15.3. The summed E-state index contributed by atoms with van der Waals surface area (Å²) in [5.41, 5.74) is 1.78. The van der Waals surface area contributed by atoms with Crippen LogP contribution in [-0.2, 0) is 24.6 Å². The van der Waals surface area contributed by atoms with E-state index < -0.39 is 6.10 Å². The summed E-state index contributed by atoms with van der Waals surface area (Å²) in [4.78, 5) is 0. The molecule has 0 amide bonds. The maximum Gasteiger partial charge on any atom is 0.0928 e. The van der Waals surface area contributed by atoms with Gasteiger partial charge in [-0.15, -0.1) is 0 Å². The van der Waals surface area contributed by atoms with E-state index in [4.69, 9.17) is 16.3 Å². The Labute approximate surface area is 117 Å². The molecular formula is C12H19ClN2O2S. The molecule has 1 saturated heterocycles. The molecule has 0 bridgehead atoms. The average molecular weight is 291 g/mol. The number of thioether (sulfide) groups is 1. The number of aryl methyl sites for hydroxylation is 2. The first-order valence-corrected chi connectivity index (χ1v) is 7.74. The number of hydrogen-bond acceptors (Lipinski definition) is 4. The molecular weight excluding hydrogens is 272 g/mol. The summed E-state index contributed by atoms with van der Waals surface area (Å²) >= 11 is 8.09. The molecule has 0 aromatic carbocycles. The minimum atomic E-state index is -0.518. The Morgan fingerprint density at radius 1 is 1.67 bits per heavy atom. The van der Waals surface area contributed by atoms with Crippen LogP contribution in [-0.4, -0.2) is 45.2 Å². The number of hydrogen-bond donors (Lipinski definition) is 1. The minimum absolute atomic E-state index is 0.0974. The zero-order chi connectivity index (χ0) is 13.1. The molecule has 2 rings (SSSR count). The molecule has 1 aromatic rings. The van der Waals surface area contributed by atoms with Crippen LogP contribution in [0, 0.1) is 0 Å². The number of aliphatic hydroxyl groups excluding tert-OH is 1. The van der Waals surface area contributed by atoms with Gasteiger partial charge in [0.15, 0.2) is 0 Å². The average Bonchev–Trinajstić information content (AvgIpc) is 2.67. The molecule has 2 heterocycles. The van der Waals surface area contributed by atoms with E-state index in [2.05, 4.69) is 5.10 Å². The van der Waals surface area contributed by atoms with Crippen molar-refractivity contribution in [2.24, 2.45) is 7.05 Å². The van der Waals surface area contributed by atoms with Crippen LogP contribution in [0.3, 0.4) is 0 Å². The van der Waals surface area contributed by atoms with E-state index in [9.17, 15) is 5.11 Å². The van der Waals surface area contributed by atoms with Crippen molar-refractivity contribution in [2.75, 3.05) is 18.1 Å². The van der Waals surface area contributed by atoms with E-state index in [-0.39, 0.29) is 6.10 Å². The fraction of sp³-hybridized carbons (Fsp3) is 0.750. The van der Waals surface area contributed by atoms with Crippen molar-refractivity contribution in [3.63, 3.8) is 0 Å². The summed E-state index contributed by atoms with van der Waals surface area (Å²) in [6.45, 7) is 2.74. The van der Waals surface area contributed by atoms with E-state index in [1.165, 1.54) is 0 Å². The van der Waals surface area contributed by atoms with Gasteiger partial charge < -0.3 is 9.84 Å². The van der Waals surface area contributed by atoms with E-state index in [1.807, 2.05) is 25.7 Å². The fourth-order valence-electron chi connectivity index (χ4n) is 2.10. The van der Waals surface area contributed by atoms with Gasteiger partial charge in [0.1, 0.15) is 0 Å². The number of aliphatic hydroxyl groups is 1. The van der Waals surface area contributed by atoms with E-state index in [0.29, 0.717) is 18.1 Å². The van der Waals surface area contributed by atoms with Crippen LogP contribution in [0.2, 0.25) is 5.02 Å². The third kappa shape index (κ3) is 3.02. The predicted octanol–water partition coefficient (Wildman–Crippen LogP) is 1.67. The molecule has 4 nitrogen and oxygen atoms in total. The van der Waals surface area contributed by atoms with Crippen LogP contribution in [0.15, 0.2) is 0 Å². The Bertz CT molecular complexity index is 405. The lowest BCUT2D eigenvalue weighted by Gasteiger charge is -2.26. The summed E-state index contributed by atoms with van der Waals surface area (Å²) in [6.07, 6.45) is 0.682. The molecule has 1 fully saturated rings. The minimum Gasteiger partial charge on any atom is -0.390 e. The van der Waals surface area contributed by atoms with E-state index in [1.54, 1.807) is 4.68 Å². The fourth-order valence-corrected chi connectivity index (χ4v) is 3.40. The number of halogens is 1. The first kappa shape index (κ1) is 14.2. The second-order valence-corrected chi connectivity index (χ2v) is 5.97. The van der Waals surface area contributed by atoms with Crippen LogP contribution in [0.4, 0.5) is 0 Å². The SMILES string of the molecule is CCc1nn(C)c(CC(O)C2CSCCO2)c1Cl. The van der Waals surface area contributed by atoms with Crippen LogP contribution >= 0.6 is 23.4 Å². The van der Waals surface area contributed by atoms with Gasteiger partial charge in [0, 0.05) is 25.0 Å². The Balaban J connectivity index is 2.06. The molecule has 1 aliphatic rings. The normalized spacial score (nSPS) is 22.1. The molecule has 18 heavy (non-hydrogen) atoms. The highest BCUT2D eigenvalue weighted by molar-refractivity contribution is 7.99. The maximum absolute atomic E-state index is 10.2. The molecule has 2 atom stereocenters. The number of aromatic nitrogens is 2. The van der Waals surface area contributed by atoms with Crippen LogP contribution < -0.4 is 0 Å². The molecule has 1 aliphatic heterocycles. The summed E-state index contributed by atoms with van der Waals surface area (Å²) < 4.78 is 7.35. The van der Waals surface area contributed by atoms with Gasteiger partial charge in [-0.1, -0.05) is 18.5 Å². The highest BCUT2D eigenvalue weighted by Crippen LogP contribution is 2.24. The Morgan fingerprint density at radius 2 is 2.44 bits per heavy atom. The second-order valence-electron chi connectivity index (χ2n) is 4.44. The number of rotatable bonds is 4. The largest absolute Gasteiger partial charge is 0.390 e. The summed E-state index contributed by atoms with van der Waals surface area (Å²) in [7, 11) is 1.86. The van der Waals surface area contributed by atoms with Crippen molar-refractivity contribution in [1.82, 2.24) is 9.78 Å². The van der Waals surface area contributed by atoms with Crippen molar-refractivity contribution in [3.05, 3.63) is 16.4 Å². The lowest BCUT2D eigenvalue weighted by Crippen LogP contribution is -2.36. The van der Waals surface area contributed by atoms with Gasteiger partial charge in [-0.3, -0.25) is 4.68 Å². The standard InChI is InChI=1S/C12H19ClN2O2S/c1-3-8-12(13)9(15(2)14-8)6-10(16)11-7-18-5-4-17-11/h10-11,16H,3-7H2,1-2H3. The monoisotopic (exact) mass is 290 g/mol. The first-order chi connectivity index (χ1) is 8.63. The molecule has 0 radical (unpaired) electrons. The van der Waals surface area contributed by atoms with Crippen LogP contribution in [0.1, 0.15) is 18.3 Å². The van der Waals surface area contributed by atoms with Crippen molar-refractivity contribution >= 4 is 23.4 Å². The highest BCUT2D eigenvalue weighted by atomic mass is 35.5. The predicted molar refractivity (Wildman–Crippen MR) is 74.4 cm³/mol. The van der Waals surface area contributed by atoms with Crippen LogP contribution in [0.5, 0.6) is 0 Å². The third-order valence-corrected chi connectivity index (χ3v) is 4.63. The van der Waals surface area contributed by atoms with Crippen molar-refractivity contribution in [2.45, 2.75) is 32.0 Å². The Kier molecular flexibility index (Phi) is 4.95. The Morgan fingerprint density at radius 3 is 3.00 bits per heavy atom. The van der Waals surface area contributed by atoms with Gasteiger partial charge in [0.05, 0.1) is 35.2 Å². The lowest BCUT2D eigenvalue weighted by molar-refractivity contribution is -0.0214. The van der Waals surface area contributed by atoms with Crippen LogP contribution in [0.25, 0.3) is 0 Å². The van der Waals surface area contributed by atoms with Gasteiger partial charge in [-0.2, -0.15) is 16.9 Å². The summed E-state index contributed by atoms with van der Waals surface area (Å²) in [6, 6.07) is 0. The van der Waals surface area contributed by atoms with E-state index in [0.717, 1.165) is 29.3 Å². The number of nitrogens with zero attached hydrogens (tertiary/aromatic N) is 2. The second kappa shape index (κ2) is 6.28. The molecule has 102 valence electrons. The lowest BCUT2D eigenvalue weighted by atomic mass is 10.1. The zero-order valence-corrected chi connectivity index (χ0v) is 12.3. The molecule has 2 unspecified atom stereocenters. The molecule has 6 heteroatoms. The molecule has 0 aliphatic carbocycles.